The van der Waals surface area contributed by atoms with Crippen LogP contribution in [0.4, 0.5) is 0 Å². The molecule has 0 amide bonds. The van der Waals surface area contributed by atoms with Gasteiger partial charge in [0.25, 0.3) is 0 Å². The molecule has 2 saturated heterocycles. The number of ether oxygens (including phenoxy) is 2. The van der Waals surface area contributed by atoms with E-state index in [4.69, 9.17) is 29.4 Å². The van der Waals surface area contributed by atoms with Gasteiger partial charge in [0.05, 0.1) is 22.8 Å². The maximum absolute atomic E-state index is 5.25. The Morgan fingerprint density at radius 1 is 0.463 bits per heavy atom. The summed E-state index contributed by atoms with van der Waals surface area (Å²) in [5.74, 6) is 0. The van der Waals surface area contributed by atoms with Gasteiger partial charge in [-0.05, 0) is 70.2 Å². The molecule has 0 atom stereocenters. The molecule has 0 N–H and O–H groups in total. The zero-order valence-electron chi connectivity index (χ0n) is 30.2. The SMILES string of the molecule is Cc1c2nc(c(-c3ccccc3)c3ccc([n-]3)c(-c3ccccc3)c3nc(c(-c4ccccc4)c4ccc1[n-]4)C=C3)C=C2.[CH-]1CCCO1.[CH-]1CCCO1.[Cr+3]. The molecule has 7 heteroatoms. The molecule has 4 aliphatic heterocycles. The summed E-state index contributed by atoms with van der Waals surface area (Å²) >= 11 is 0. The second-order valence-corrected chi connectivity index (χ2v) is 13.1. The van der Waals surface area contributed by atoms with E-state index in [1.54, 1.807) is 0 Å². The number of aromatic nitrogens is 4. The van der Waals surface area contributed by atoms with Gasteiger partial charge in [-0.2, -0.15) is 12.8 Å². The fraction of sp³-hybridized carbons (Fsp3) is 0.149. The zero-order chi connectivity index (χ0) is 35.8. The summed E-state index contributed by atoms with van der Waals surface area (Å²) in [4.78, 5) is 20.8. The number of rotatable bonds is 3. The van der Waals surface area contributed by atoms with Crippen LogP contribution in [-0.4, -0.2) is 23.2 Å². The summed E-state index contributed by atoms with van der Waals surface area (Å²) in [6.45, 7) is 7.70. The molecule has 4 aliphatic rings. The minimum absolute atomic E-state index is 0. The Morgan fingerprint density at radius 2 is 0.815 bits per heavy atom. The molecule has 0 saturated carbocycles. The zero-order valence-corrected chi connectivity index (χ0v) is 31.5. The Balaban J connectivity index is 0.000000356. The second-order valence-electron chi connectivity index (χ2n) is 13.1. The number of benzene rings is 3. The first-order valence-electron chi connectivity index (χ1n) is 18.3. The maximum Gasteiger partial charge on any atom is 3.00 e. The first-order valence-corrected chi connectivity index (χ1v) is 18.3. The van der Waals surface area contributed by atoms with E-state index in [0.717, 1.165) is 110 Å². The predicted octanol–water partition coefficient (Wildman–Crippen LogP) is 11.1. The first-order chi connectivity index (χ1) is 26.2. The van der Waals surface area contributed by atoms with E-state index in [-0.39, 0.29) is 17.4 Å². The van der Waals surface area contributed by atoms with E-state index in [0.29, 0.717) is 0 Å². The van der Waals surface area contributed by atoms with Crippen LogP contribution >= 0.6 is 0 Å². The van der Waals surface area contributed by atoms with E-state index < -0.39 is 0 Å². The smallest absolute Gasteiger partial charge is 0.657 e. The molecule has 8 bridgehead atoms. The van der Waals surface area contributed by atoms with E-state index in [2.05, 4.69) is 128 Å². The fourth-order valence-electron chi connectivity index (χ4n) is 6.76. The van der Waals surface area contributed by atoms with Crippen molar-refractivity contribution in [2.24, 2.45) is 0 Å². The van der Waals surface area contributed by atoms with E-state index in [9.17, 15) is 0 Å². The Labute approximate surface area is 327 Å². The minimum atomic E-state index is 0. The number of hydrogen-bond donors (Lipinski definition) is 0. The van der Waals surface area contributed by atoms with Crippen molar-refractivity contribution in [1.29, 1.82) is 0 Å². The fourth-order valence-corrected chi connectivity index (χ4v) is 6.76. The Bertz CT molecular complexity index is 2340. The van der Waals surface area contributed by atoms with Crippen molar-refractivity contribution >= 4 is 46.4 Å². The Morgan fingerprint density at radius 3 is 1.17 bits per heavy atom. The average Bonchev–Trinajstić information content (AvgIpc) is 4.06. The second kappa shape index (κ2) is 17.7. The van der Waals surface area contributed by atoms with Crippen LogP contribution in [0.2, 0.25) is 0 Å². The van der Waals surface area contributed by atoms with Crippen LogP contribution in [0.15, 0.2) is 115 Å². The molecule has 0 aliphatic carbocycles. The molecular weight excluding hydrogens is 705 g/mol. The van der Waals surface area contributed by atoms with Crippen LogP contribution in [0.3, 0.4) is 0 Å². The van der Waals surface area contributed by atoms with Gasteiger partial charge in [0, 0.05) is 13.2 Å². The first kappa shape index (κ1) is 37.0. The topological polar surface area (TPSA) is 72.4 Å². The number of aryl methyl sites for hydroxylation is 1. The number of fused-ring (bicyclic) bond motifs is 8. The molecule has 7 heterocycles. The molecule has 3 aromatic heterocycles. The van der Waals surface area contributed by atoms with Crippen molar-refractivity contribution < 1.29 is 26.8 Å². The molecule has 6 aromatic rings. The summed E-state index contributed by atoms with van der Waals surface area (Å²) in [5.41, 5.74) is 14.3. The summed E-state index contributed by atoms with van der Waals surface area (Å²) in [7, 11) is 0. The maximum atomic E-state index is 5.25. The molecule has 6 nitrogen and oxygen atoms in total. The average molecular weight is 745 g/mol. The summed E-state index contributed by atoms with van der Waals surface area (Å²) < 4.78 is 9.64. The molecule has 0 unspecified atom stereocenters. The monoisotopic (exact) mass is 744 g/mol. The van der Waals surface area contributed by atoms with Crippen LogP contribution in [0, 0.1) is 20.1 Å². The third kappa shape index (κ3) is 8.26. The van der Waals surface area contributed by atoms with E-state index >= 15 is 0 Å². The normalized spacial score (nSPS) is 14.1. The standard InChI is InChI=1S/C39H26N4.2C4H7O.Cr/c1-25-29-17-19-31(40-29)37(26-11-5-2-6-12-26)33-21-23-35(42-33)39(28-15-9-4-10-16-28)36-24-22-34(43-36)38(27-13-7-3-8-14-27)32-20-18-30(25)41-32;2*1-2-4-5-3-1;/h2-24H,1H3;2*3H,1-2,4H2;/q-2;2*-1;+3. The van der Waals surface area contributed by atoms with E-state index in [1.165, 1.54) is 12.8 Å². The largest absolute Gasteiger partial charge is 3.00 e. The molecule has 3 aromatic carbocycles. The van der Waals surface area contributed by atoms with Gasteiger partial charge in [0.1, 0.15) is 0 Å². The van der Waals surface area contributed by atoms with Gasteiger partial charge in [-0.15, -0.1) is 22.1 Å². The van der Waals surface area contributed by atoms with Crippen molar-refractivity contribution in [3.05, 3.63) is 157 Å². The summed E-state index contributed by atoms with van der Waals surface area (Å²) in [6, 6.07) is 39.5. The van der Waals surface area contributed by atoms with Gasteiger partial charge < -0.3 is 19.4 Å². The van der Waals surface area contributed by atoms with E-state index in [1.807, 2.05) is 31.4 Å². The molecular formula is C47H40CrN4O2-. The van der Waals surface area contributed by atoms with Crippen LogP contribution in [0.5, 0.6) is 0 Å². The van der Waals surface area contributed by atoms with Crippen molar-refractivity contribution in [1.82, 2.24) is 19.9 Å². The predicted molar refractivity (Wildman–Crippen MR) is 217 cm³/mol. The van der Waals surface area contributed by atoms with Crippen molar-refractivity contribution in [2.75, 3.05) is 13.2 Å². The van der Waals surface area contributed by atoms with Crippen LogP contribution in [0.25, 0.3) is 79.8 Å². The van der Waals surface area contributed by atoms with Gasteiger partial charge in [-0.3, -0.25) is 0 Å². The Hall–Kier alpha value is -5.29. The molecule has 267 valence electrons. The van der Waals surface area contributed by atoms with Crippen LogP contribution in [-0.2, 0) is 26.8 Å². The van der Waals surface area contributed by atoms with Gasteiger partial charge in [-0.1, -0.05) is 128 Å². The third-order valence-electron chi connectivity index (χ3n) is 9.46. The Kier molecular flexibility index (Phi) is 12.1. The number of nitrogens with zero attached hydrogens (tertiary/aromatic N) is 4. The third-order valence-corrected chi connectivity index (χ3v) is 9.46. The molecule has 0 spiro atoms. The van der Waals surface area contributed by atoms with Gasteiger partial charge in [0.2, 0.25) is 0 Å². The quantitative estimate of drug-likeness (QED) is 0.168. The van der Waals surface area contributed by atoms with Crippen molar-refractivity contribution in [3.63, 3.8) is 0 Å². The van der Waals surface area contributed by atoms with Gasteiger partial charge >= 0.3 is 17.4 Å². The van der Waals surface area contributed by atoms with Crippen molar-refractivity contribution in [2.45, 2.75) is 32.6 Å². The molecule has 54 heavy (non-hydrogen) atoms. The molecule has 10 rings (SSSR count). The molecule has 1 radical (unpaired) electrons. The summed E-state index contributed by atoms with van der Waals surface area (Å²) in [6.07, 6.45) is 13.1. The molecule has 2 fully saturated rings. The van der Waals surface area contributed by atoms with Crippen molar-refractivity contribution in [3.8, 4) is 33.4 Å². The summed E-state index contributed by atoms with van der Waals surface area (Å²) in [5, 5.41) is 0. The van der Waals surface area contributed by atoms with Gasteiger partial charge in [0.15, 0.2) is 0 Å². The minimum Gasteiger partial charge on any atom is -0.657 e. The van der Waals surface area contributed by atoms with Gasteiger partial charge in [-0.25, -0.2) is 23.2 Å². The van der Waals surface area contributed by atoms with Crippen LogP contribution < -0.4 is 9.97 Å². The van der Waals surface area contributed by atoms with Crippen LogP contribution in [0.1, 0.15) is 54.0 Å². The number of hydrogen-bond acceptors (Lipinski definition) is 4.